The molecule has 1 rings (SSSR count). The highest BCUT2D eigenvalue weighted by molar-refractivity contribution is 5.99. The second-order valence-electron chi connectivity index (χ2n) is 5.07. The van der Waals surface area contributed by atoms with Crippen LogP contribution in [0.1, 0.15) is 23.7 Å². The van der Waals surface area contributed by atoms with Crippen LogP contribution in [0.5, 0.6) is 0 Å². The van der Waals surface area contributed by atoms with E-state index in [4.69, 9.17) is 5.73 Å². The average molecular weight is 294 g/mol. The second kappa shape index (κ2) is 7.58. The van der Waals surface area contributed by atoms with Crippen molar-refractivity contribution in [2.45, 2.75) is 13.3 Å². The molecule has 0 atom stereocenters. The quantitative estimate of drug-likeness (QED) is 0.468. The standard InChI is InChI=1S/C14H22N4O3/c1-4-17(9-5-8-16(2)3)14(19)12-10-11(18(20)21)6-7-13(12)15/h6-7,10H,4-5,8-9,15H2,1-3H3. The first kappa shape index (κ1) is 16.9. The molecule has 1 aromatic carbocycles. The largest absolute Gasteiger partial charge is 0.398 e. The van der Waals surface area contributed by atoms with Gasteiger partial charge in [0.25, 0.3) is 11.6 Å². The maximum atomic E-state index is 12.5. The van der Waals surface area contributed by atoms with Gasteiger partial charge in [0.05, 0.1) is 10.5 Å². The van der Waals surface area contributed by atoms with Crippen molar-refractivity contribution in [2.24, 2.45) is 0 Å². The Bertz CT molecular complexity index is 517. The Labute approximate surface area is 124 Å². The summed E-state index contributed by atoms with van der Waals surface area (Å²) >= 11 is 0. The number of nitro groups is 1. The summed E-state index contributed by atoms with van der Waals surface area (Å²) in [6.07, 6.45) is 0.835. The molecule has 0 radical (unpaired) electrons. The van der Waals surface area contributed by atoms with Gasteiger partial charge in [-0.1, -0.05) is 0 Å². The van der Waals surface area contributed by atoms with Gasteiger partial charge in [-0.15, -0.1) is 0 Å². The number of hydrogen-bond donors (Lipinski definition) is 1. The van der Waals surface area contributed by atoms with Crippen molar-refractivity contribution in [3.63, 3.8) is 0 Å². The molecular weight excluding hydrogens is 272 g/mol. The van der Waals surface area contributed by atoms with Crippen molar-refractivity contribution >= 4 is 17.3 Å². The van der Waals surface area contributed by atoms with Crippen LogP contribution in [0.4, 0.5) is 11.4 Å². The van der Waals surface area contributed by atoms with Crippen LogP contribution in [-0.2, 0) is 0 Å². The van der Waals surface area contributed by atoms with Crippen LogP contribution in [0.25, 0.3) is 0 Å². The predicted molar refractivity (Wildman–Crippen MR) is 82.3 cm³/mol. The Morgan fingerprint density at radius 3 is 2.52 bits per heavy atom. The molecular formula is C14H22N4O3. The number of anilines is 1. The molecule has 0 unspecified atom stereocenters. The minimum atomic E-state index is -0.529. The number of hydrogen-bond acceptors (Lipinski definition) is 5. The monoisotopic (exact) mass is 294 g/mol. The zero-order valence-corrected chi connectivity index (χ0v) is 12.7. The molecule has 2 N–H and O–H groups in total. The molecule has 0 spiro atoms. The number of nitrogen functional groups attached to an aromatic ring is 1. The molecule has 0 aliphatic heterocycles. The lowest BCUT2D eigenvalue weighted by Gasteiger charge is -2.22. The minimum Gasteiger partial charge on any atom is -0.398 e. The topological polar surface area (TPSA) is 92.7 Å². The number of benzene rings is 1. The fourth-order valence-electron chi connectivity index (χ4n) is 1.99. The summed E-state index contributed by atoms with van der Waals surface area (Å²) in [4.78, 5) is 26.4. The molecule has 7 heteroatoms. The van der Waals surface area contributed by atoms with Crippen LogP contribution >= 0.6 is 0 Å². The number of carbonyl (C=O) groups excluding carboxylic acids is 1. The third-order valence-electron chi connectivity index (χ3n) is 3.18. The molecule has 116 valence electrons. The molecule has 0 saturated heterocycles. The van der Waals surface area contributed by atoms with Crippen molar-refractivity contribution < 1.29 is 9.72 Å². The fourth-order valence-corrected chi connectivity index (χ4v) is 1.99. The Balaban J connectivity index is 2.89. The maximum absolute atomic E-state index is 12.5. The lowest BCUT2D eigenvalue weighted by Crippen LogP contribution is -2.33. The van der Waals surface area contributed by atoms with Gasteiger partial charge in [0.2, 0.25) is 0 Å². The van der Waals surface area contributed by atoms with Gasteiger partial charge in [-0.25, -0.2) is 0 Å². The van der Waals surface area contributed by atoms with Crippen LogP contribution < -0.4 is 5.73 Å². The third-order valence-corrected chi connectivity index (χ3v) is 3.18. The smallest absolute Gasteiger partial charge is 0.270 e. The van der Waals surface area contributed by atoms with Crippen molar-refractivity contribution in [3.8, 4) is 0 Å². The fraction of sp³-hybridized carbons (Fsp3) is 0.500. The van der Waals surface area contributed by atoms with E-state index in [9.17, 15) is 14.9 Å². The van der Waals surface area contributed by atoms with E-state index in [-0.39, 0.29) is 22.8 Å². The molecule has 1 amide bonds. The lowest BCUT2D eigenvalue weighted by molar-refractivity contribution is -0.384. The van der Waals surface area contributed by atoms with Gasteiger partial charge >= 0.3 is 0 Å². The molecule has 1 aromatic rings. The number of nitro benzene ring substituents is 1. The van der Waals surface area contributed by atoms with Gasteiger partial charge in [-0.3, -0.25) is 14.9 Å². The zero-order chi connectivity index (χ0) is 16.0. The van der Waals surface area contributed by atoms with Crippen LogP contribution in [0, 0.1) is 10.1 Å². The van der Waals surface area contributed by atoms with Crippen molar-refractivity contribution in [2.75, 3.05) is 39.5 Å². The van der Waals surface area contributed by atoms with E-state index in [1.54, 1.807) is 4.90 Å². The van der Waals surface area contributed by atoms with E-state index in [1.807, 2.05) is 25.9 Å². The summed E-state index contributed by atoms with van der Waals surface area (Å²) in [6.45, 7) is 3.87. The van der Waals surface area contributed by atoms with Crippen molar-refractivity contribution in [3.05, 3.63) is 33.9 Å². The summed E-state index contributed by atoms with van der Waals surface area (Å²) < 4.78 is 0. The molecule has 0 aliphatic carbocycles. The molecule has 0 heterocycles. The highest BCUT2D eigenvalue weighted by Crippen LogP contribution is 2.21. The van der Waals surface area contributed by atoms with Crippen LogP contribution in [-0.4, -0.2) is 54.4 Å². The molecule has 0 bridgehead atoms. The van der Waals surface area contributed by atoms with E-state index >= 15 is 0 Å². The lowest BCUT2D eigenvalue weighted by atomic mass is 10.1. The third kappa shape index (κ3) is 4.71. The summed E-state index contributed by atoms with van der Waals surface area (Å²) in [5.41, 5.74) is 6.11. The first-order chi connectivity index (χ1) is 9.86. The summed E-state index contributed by atoms with van der Waals surface area (Å²) in [5.74, 6) is -0.266. The van der Waals surface area contributed by atoms with E-state index in [1.165, 1.54) is 18.2 Å². The van der Waals surface area contributed by atoms with Gasteiger partial charge in [0, 0.05) is 30.9 Å². The molecule has 0 aliphatic rings. The molecule has 0 saturated carbocycles. The highest BCUT2D eigenvalue weighted by atomic mass is 16.6. The first-order valence-corrected chi connectivity index (χ1v) is 6.84. The van der Waals surface area contributed by atoms with Gasteiger partial charge in [-0.2, -0.15) is 0 Å². The normalized spacial score (nSPS) is 10.7. The van der Waals surface area contributed by atoms with Crippen LogP contribution in [0.3, 0.4) is 0 Å². The molecule has 0 fully saturated rings. The molecule has 0 aromatic heterocycles. The van der Waals surface area contributed by atoms with Gasteiger partial charge in [-0.05, 0) is 40.1 Å². The first-order valence-electron chi connectivity index (χ1n) is 6.84. The summed E-state index contributed by atoms with van der Waals surface area (Å²) in [5, 5.41) is 10.8. The van der Waals surface area contributed by atoms with Crippen molar-refractivity contribution in [1.82, 2.24) is 9.80 Å². The SMILES string of the molecule is CCN(CCCN(C)C)C(=O)c1cc([N+](=O)[O-])ccc1N. The van der Waals surface area contributed by atoms with E-state index < -0.39 is 4.92 Å². The maximum Gasteiger partial charge on any atom is 0.270 e. The predicted octanol–water partition coefficient (Wildman–Crippen LogP) is 1.59. The Hall–Kier alpha value is -2.15. The number of rotatable bonds is 7. The number of nitrogens with zero attached hydrogens (tertiary/aromatic N) is 3. The van der Waals surface area contributed by atoms with Crippen LogP contribution in [0.15, 0.2) is 18.2 Å². The number of carbonyl (C=O) groups is 1. The van der Waals surface area contributed by atoms with Crippen LogP contribution in [0.2, 0.25) is 0 Å². The summed E-state index contributed by atoms with van der Waals surface area (Å²) in [7, 11) is 3.94. The Morgan fingerprint density at radius 1 is 1.33 bits per heavy atom. The van der Waals surface area contributed by atoms with Gasteiger partial charge in [0.1, 0.15) is 0 Å². The Morgan fingerprint density at radius 2 is 2.00 bits per heavy atom. The number of non-ortho nitro benzene ring substituents is 1. The molecule has 21 heavy (non-hydrogen) atoms. The number of nitrogens with two attached hydrogens (primary N) is 1. The number of amides is 1. The zero-order valence-electron chi connectivity index (χ0n) is 12.7. The Kier molecular flexibility index (Phi) is 6.10. The highest BCUT2D eigenvalue weighted by Gasteiger charge is 2.19. The minimum absolute atomic E-state index is 0.128. The second-order valence-corrected chi connectivity index (χ2v) is 5.07. The van der Waals surface area contributed by atoms with Crippen molar-refractivity contribution in [1.29, 1.82) is 0 Å². The summed E-state index contributed by atoms with van der Waals surface area (Å²) in [6, 6.07) is 3.94. The van der Waals surface area contributed by atoms with Gasteiger partial charge < -0.3 is 15.5 Å². The van der Waals surface area contributed by atoms with E-state index in [0.29, 0.717) is 13.1 Å². The van der Waals surface area contributed by atoms with Gasteiger partial charge in [0.15, 0.2) is 0 Å². The molecule has 7 nitrogen and oxygen atoms in total. The van der Waals surface area contributed by atoms with E-state index in [2.05, 4.69) is 0 Å². The van der Waals surface area contributed by atoms with E-state index in [0.717, 1.165) is 13.0 Å². The average Bonchev–Trinajstić information content (AvgIpc) is 2.43.